The number of hydrogen-bond donors (Lipinski definition) is 0. The van der Waals surface area contributed by atoms with E-state index in [1.807, 2.05) is 6.07 Å². The molecule has 1 aromatic carbocycles. The Bertz CT molecular complexity index is 440. The van der Waals surface area contributed by atoms with E-state index >= 15 is 0 Å². The van der Waals surface area contributed by atoms with E-state index in [9.17, 15) is 4.79 Å². The second-order valence-electron chi connectivity index (χ2n) is 5.16. The minimum absolute atomic E-state index is 0.355. The molecule has 1 aliphatic carbocycles. The van der Waals surface area contributed by atoms with Crippen molar-refractivity contribution in [1.29, 1.82) is 0 Å². The second kappa shape index (κ2) is 4.45. The quantitative estimate of drug-likeness (QED) is 0.839. The molecule has 3 aliphatic rings. The number of amides is 1. The highest BCUT2D eigenvalue weighted by molar-refractivity contribution is 9.10. The fourth-order valence-corrected chi connectivity index (χ4v) is 3.39. The van der Waals surface area contributed by atoms with Gasteiger partial charge in [0.1, 0.15) is 0 Å². The molecule has 0 radical (unpaired) electrons. The van der Waals surface area contributed by atoms with Gasteiger partial charge in [-0.1, -0.05) is 34.1 Å². The minimum atomic E-state index is 0.355. The van der Waals surface area contributed by atoms with Crippen molar-refractivity contribution in [2.45, 2.75) is 19.3 Å². The van der Waals surface area contributed by atoms with Crippen LogP contribution in [0.3, 0.4) is 0 Å². The first-order valence-electron chi connectivity index (χ1n) is 6.26. The number of fused-ring (bicyclic) bond motifs is 2. The zero-order chi connectivity index (χ0) is 11.8. The van der Waals surface area contributed by atoms with E-state index in [1.165, 1.54) is 5.56 Å². The van der Waals surface area contributed by atoms with E-state index in [0.717, 1.165) is 42.7 Å². The van der Waals surface area contributed by atoms with E-state index in [4.69, 9.17) is 0 Å². The molecule has 2 heterocycles. The molecule has 1 aromatic rings. The Hall–Kier alpha value is -0.830. The highest BCUT2D eigenvalue weighted by atomic mass is 79.9. The molecule has 90 valence electrons. The summed E-state index contributed by atoms with van der Waals surface area (Å²) < 4.78 is 1.15. The Balaban J connectivity index is 1.61. The molecule has 0 N–H and O–H groups in total. The molecule has 2 bridgehead atoms. The number of carbonyl (C=O) groups is 1. The average molecular weight is 294 g/mol. The molecule has 1 saturated carbocycles. The van der Waals surface area contributed by atoms with Crippen LogP contribution in [0.1, 0.15) is 18.4 Å². The third-order valence-corrected chi connectivity index (χ3v) is 4.76. The van der Waals surface area contributed by atoms with E-state index in [-0.39, 0.29) is 0 Å². The lowest BCUT2D eigenvalue weighted by molar-refractivity contribution is -0.149. The SMILES string of the molecule is O=C1C2CC(C2)CN1CCc1ccccc1Br. The number of rotatable bonds is 3. The van der Waals surface area contributed by atoms with Crippen molar-refractivity contribution in [1.82, 2.24) is 4.90 Å². The predicted octanol–water partition coefficient (Wildman–Crippen LogP) is 2.86. The van der Waals surface area contributed by atoms with Crippen LogP contribution in [0.5, 0.6) is 0 Å². The summed E-state index contributed by atoms with van der Waals surface area (Å²) in [4.78, 5) is 14.0. The molecule has 3 heteroatoms. The molecule has 3 fully saturated rings. The maximum atomic E-state index is 12.0. The Labute approximate surface area is 110 Å². The van der Waals surface area contributed by atoms with Gasteiger partial charge in [0.25, 0.3) is 0 Å². The molecular formula is C14H16BrNO. The van der Waals surface area contributed by atoms with Crippen LogP contribution in [0.4, 0.5) is 0 Å². The molecule has 1 amide bonds. The molecule has 2 aliphatic heterocycles. The van der Waals surface area contributed by atoms with Gasteiger partial charge in [-0.2, -0.15) is 0 Å². The molecule has 0 unspecified atom stereocenters. The number of hydrogen-bond acceptors (Lipinski definition) is 1. The summed E-state index contributed by atoms with van der Waals surface area (Å²) in [5, 5.41) is 0. The topological polar surface area (TPSA) is 20.3 Å². The minimum Gasteiger partial charge on any atom is -0.342 e. The summed E-state index contributed by atoms with van der Waals surface area (Å²) in [6, 6.07) is 8.26. The van der Waals surface area contributed by atoms with Gasteiger partial charge in [0, 0.05) is 23.5 Å². The van der Waals surface area contributed by atoms with Crippen molar-refractivity contribution in [2.24, 2.45) is 11.8 Å². The normalized spacial score (nSPS) is 26.9. The van der Waals surface area contributed by atoms with Gasteiger partial charge in [-0.25, -0.2) is 0 Å². The van der Waals surface area contributed by atoms with Gasteiger partial charge >= 0.3 is 0 Å². The number of carbonyl (C=O) groups excluding carboxylic acids is 1. The van der Waals surface area contributed by atoms with Gasteiger partial charge in [-0.3, -0.25) is 4.79 Å². The van der Waals surface area contributed by atoms with Gasteiger partial charge in [0.15, 0.2) is 0 Å². The lowest BCUT2D eigenvalue weighted by Crippen LogP contribution is -2.53. The lowest BCUT2D eigenvalue weighted by Gasteiger charge is -2.46. The highest BCUT2D eigenvalue weighted by Crippen LogP contribution is 2.40. The smallest absolute Gasteiger partial charge is 0.225 e. The zero-order valence-electron chi connectivity index (χ0n) is 9.73. The molecule has 0 aromatic heterocycles. The predicted molar refractivity (Wildman–Crippen MR) is 70.6 cm³/mol. The van der Waals surface area contributed by atoms with E-state index < -0.39 is 0 Å². The summed E-state index contributed by atoms with van der Waals surface area (Å²) in [5.41, 5.74) is 1.29. The van der Waals surface area contributed by atoms with Crippen LogP contribution >= 0.6 is 15.9 Å². The van der Waals surface area contributed by atoms with E-state index in [2.05, 4.69) is 39.0 Å². The van der Waals surface area contributed by atoms with Crippen molar-refractivity contribution in [2.75, 3.05) is 13.1 Å². The molecule has 2 nitrogen and oxygen atoms in total. The first kappa shape index (κ1) is 11.3. The van der Waals surface area contributed by atoms with Crippen LogP contribution in [0.2, 0.25) is 0 Å². The van der Waals surface area contributed by atoms with Crippen LogP contribution < -0.4 is 0 Å². The average Bonchev–Trinajstić information content (AvgIpc) is 2.28. The van der Waals surface area contributed by atoms with Crippen LogP contribution in [0, 0.1) is 11.8 Å². The zero-order valence-corrected chi connectivity index (χ0v) is 11.3. The summed E-state index contributed by atoms with van der Waals surface area (Å²) in [5.74, 6) is 1.53. The van der Waals surface area contributed by atoms with Gasteiger partial charge in [0.2, 0.25) is 5.91 Å². The summed E-state index contributed by atoms with van der Waals surface area (Å²) in [6.45, 7) is 1.86. The summed E-state index contributed by atoms with van der Waals surface area (Å²) >= 11 is 3.55. The Morgan fingerprint density at radius 2 is 2.06 bits per heavy atom. The largest absolute Gasteiger partial charge is 0.342 e. The van der Waals surface area contributed by atoms with Crippen LogP contribution in [-0.4, -0.2) is 23.9 Å². The fourth-order valence-electron chi connectivity index (χ4n) is 2.90. The number of benzene rings is 1. The number of piperidine rings is 2. The van der Waals surface area contributed by atoms with Crippen LogP contribution in [-0.2, 0) is 11.2 Å². The fraction of sp³-hybridized carbons (Fsp3) is 0.500. The van der Waals surface area contributed by atoms with Gasteiger partial charge in [-0.15, -0.1) is 0 Å². The molecular weight excluding hydrogens is 278 g/mol. The third-order valence-electron chi connectivity index (χ3n) is 3.98. The Kier molecular flexibility index (Phi) is 2.95. The maximum absolute atomic E-state index is 12.0. The maximum Gasteiger partial charge on any atom is 0.225 e. The summed E-state index contributed by atoms with van der Waals surface area (Å²) in [6.07, 6.45) is 3.24. The second-order valence-corrected chi connectivity index (χ2v) is 6.01. The molecule has 4 rings (SSSR count). The van der Waals surface area contributed by atoms with Crippen molar-refractivity contribution in [3.05, 3.63) is 34.3 Å². The van der Waals surface area contributed by atoms with Crippen molar-refractivity contribution in [3.63, 3.8) is 0 Å². The molecule has 17 heavy (non-hydrogen) atoms. The molecule has 2 saturated heterocycles. The Morgan fingerprint density at radius 3 is 2.76 bits per heavy atom. The monoisotopic (exact) mass is 293 g/mol. The number of halogens is 1. The van der Waals surface area contributed by atoms with Crippen molar-refractivity contribution >= 4 is 21.8 Å². The first-order valence-corrected chi connectivity index (χ1v) is 7.05. The first-order chi connectivity index (χ1) is 8.24. The Morgan fingerprint density at radius 1 is 1.29 bits per heavy atom. The molecule has 0 atom stereocenters. The van der Waals surface area contributed by atoms with Crippen LogP contribution in [0.15, 0.2) is 28.7 Å². The summed E-state index contributed by atoms with van der Waals surface area (Å²) in [7, 11) is 0. The number of nitrogens with zero attached hydrogens (tertiary/aromatic N) is 1. The van der Waals surface area contributed by atoms with Gasteiger partial charge < -0.3 is 4.90 Å². The van der Waals surface area contributed by atoms with Crippen LogP contribution in [0.25, 0.3) is 0 Å². The lowest BCUT2D eigenvalue weighted by atomic mass is 9.70. The van der Waals surface area contributed by atoms with E-state index in [0.29, 0.717) is 11.8 Å². The van der Waals surface area contributed by atoms with Gasteiger partial charge in [-0.05, 0) is 36.8 Å². The third kappa shape index (κ3) is 2.13. The van der Waals surface area contributed by atoms with E-state index in [1.54, 1.807) is 0 Å². The van der Waals surface area contributed by atoms with Gasteiger partial charge in [0.05, 0.1) is 0 Å². The molecule has 0 spiro atoms. The highest BCUT2D eigenvalue weighted by Gasteiger charge is 2.43. The standard InChI is InChI=1S/C14H16BrNO/c15-13-4-2-1-3-11(13)5-6-16-9-10-7-12(8-10)14(16)17/h1-4,10,12H,5-9H2. The van der Waals surface area contributed by atoms with Crippen molar-refractivity contribution < 1.29 is 4.79 Å². The van der Waals surface area contributed by atoms with Crippen molar-refractivity contribution in [3.8, 4) is 0 Å².